The molecule has 0 N–H and O–H groups in total. The number of carbonyl (C=O) groups is 2. The van der Waals surface area contributed by atoms with Gasteiger partial charge in [-0.1, -0.05) is 34.6 Å². The van der Waals surface area contributed by atoms with Gasteiger partial charge in [0.25, 0.3) is 0 Å². The van der Waals surface area contributed by atoms with E-state index in [1.54, 1.807) is 6.08 Å². The number of nitrogens with zero attached hydrogens (tertiary/aromatic N) is 1. The fraction of sp³-hybridized carbons (Fsp3) is 0.750. The van der Waals surface area contributed by atoms with Gasteiger partial charge in [0.15, 0.2) is 0 Å². The van der Waals surface area contributed by atoms with E-state index < -0.39 is 36.0 Å². The van der Waals surface area contributed by atoms with Crippen LogP contribution in [0.1, 0.15) is 34.6 Å². The molecule has 0 aromatic carbocycles. The molecule has 0 aromatic heterocycles. The first-order valence-corrected chi connectivity index (χ1v) is 7.52. The van der Waals surface area contributed by atoms with Gasteiger partial charge >= 0.3 is 12.1 Å². The first-order valence-electron chi connectivity index (χ1n) is 7.52. The van der Waals surface area contributed by atoms with E-state index in [2.05, 4.69) is 0 Å². The second kappa shape index (κ2) is 5.70. The Labute approximate surface area is 136 Å². The molecule has 1 saturated heterocycles. The lowest BCUT2D eigenvalue weighted by molar-refractivity contribution is -0.147. The Morgan fingerprint density at radius 2 is 1.83 bits per heavy atom. The fourth-order valence-corrected chi connectivity index (χ4v) is 2.93. The van der Waals surface area contributed by atoms with E-state index >= 15 is 0 Å². The number of ether oxygens (including phenoxy) is 4. The molecule has 1 fully saturated rings. The van der Waals surface area contributed by atoms with Crippen LogP contribution in [0, 0.1) is 10.8 Å². The predicted molar refractivity (Wildman–Crippen MR) is 81.1 cm³/mol. The summed E-state index contributed by atoms with van der Waals surface area (Å²) < 4.78 is 21.5. The van der Waals surface area contributed by atoms with Gasteiger partial charge < -0.3 is 18.9 Å². The third-order valence-electron chi connectivity index (χ3n) is 4.06. The van der Waals surface area contributed by atoms with Gasteiger partial charge in [0, 0.05) is 10.8 Å². The zero-order valence-electron chi connectivity index (χ0n) is 14.7. The second-order valence-electron chi connectivity index (χ2n) is 7.48. The maximum absolute atomic E-state index is 12.3. The minimum atomic E-state index is -0.749. The molecule has 7 nitrogen and oxygen atoms in total. The molecule has 2 aliphatic heterocycles. The van der Waals surface area contributed by atoms with Gasteiger partial charge in [-0.25, -0.2) is 14.5 Å². The van der Waals surface area contributed by atoms with Crippen molar-refractivity contribution in [2.45, 2.75) is 53.2 Å². The number of rotatable bonds is 1. The largest absolute Gasteiger partial charge is 0.463 e. The Morgan fingerprint density at radius 1 is 1.22 bits per heavy atom. The van der Waals surface area contributed by atoms with Crippen LogP contribution >= 0.6 is 0 Å². The standard InChI is InChI=1S/C16H25NO6/c1-15(2,3)13-17(14(19)21-7)11-10(23-13)16(4,5)8-9(22-11)12(18)20-6/h8,10-11,13H,1-7H3. The van der Waals surface area contributed by atoms with E-state index in [9.17, 15) is 9.59 Å². The minimum Gasteiger partial charge on any atom is -0.463 e. The van der Waals surface area contributed by atoms with E-state index in [-0.39, 0.29) is 11.2 Å². The van der Waals surface area contributed by atoms with E-state index in [1.165, 1.54) is 19.1 Å². The van der Waals surface area contributed by atoms with Crippen molar-refractivity contribution in [1.29, 1.82) is 0 Å². The summed E-state index contributed by atoms with van der Waals surface area (Å²) in [6.07, 6.45) is -0.575. The molecule has 23 heavy (non-hydrogen) atoms. The van der Waals surface area contributed by atoms with Crippen LogP contribution in [-0.2, 0) is 23.7 Å². The highest BCUT2D eigenvalue weighted by Crippen LogP contribution is 2.46. The van der Waals surface area contributed by atoms with Crippen molar-refractivity contribution < 1.29 is 28.5 Å². The second-order valence-corrected chi connectivity index (χ2v) is 7.48. The topological polar surface area (TPSA) is 74.3 Å². The van der Waals surface area contributed by atoms with Crippen molar-refractivity contribution >= 4 is 12.1 Å². The molecule has 3 atom stereocenters. The van der Waals surface area contributed by atoms with Crippen molar-refractivity contribution in [3.63, 3.8) is 0 Å². The number of hydrogen-bond donors (Lipinski definition) is 0. The zero-order valence-corrected chi connectivity index (χ0v) is 14.7. The number of amides is 1. The van der Waals surface area contributed by atoms with Crippen molar-refractivity contribution in [1.82, 2.24) is 4.90 Å². The number of hydrogen-bond acceptors (Lipinski definition) is 6. The molecule has 2 aliphatic rings. The lowest BCUT2D eigenvalue weighted by Gasteiger charge is -2.38. The first-order chi connectivity index (χ1) is 10.5. The number of fused-ring (bicyclic) bond motifs is 1. The summed E-state index contributed by atoms with van der Waals surface area (Å²) >= 11 is 0. The molecule has 0 aromatic rings. The van der Waals surface area contributed by atoms with E-state index in [4.69, 9.17) is 18.9 Å². The molecular weight excluding hydrogens is 302 g/mol. The maximum Gasteiger partial charge on any atom is 0.414 e. The maximum atomic E-state index is 12.3. The lowest BCUT2D eigenvalue weighted by Crippen LogP contribution is -2.52. The molecule has 2 heterocycles. The molecule has 0 bridgehead atoms. The molecule has 3 unspecified atom stereocenters. The van der Waals surface area contributed by atoms with Gasteiger partial charge in [-0.2, -0.15) is 0 Å². The van der Waals surface area contributed by atoms with Crippen LogP contribution < -0.4 is 0 Å². The SMILES string of the molecule is COC(=O)C1=CC(C)(C)C2OC(C(C)(C)C)N(C(=O)OC)C2O1. The smallest absolute Gasteiger partial charge is 0.414 e. The molecule has 130 valence electrons. The average Bonchev–Trinajstić information content (AvgIpc) is 2.85. The Bertz CT molecular complexity index is 533. The summed E-state index contributed by atoms with van der Waals surface area (Å²) in [5, 5.41) is 0. The van der Waals surface area contributed by atoms with Crippen LogP contribution in [0.3, 0.4) is 0 Å². The van der Waals surface area contributed by atoms with Crippen LogP contribution in [-0.4, -0.2) is 49.7 Å². The average molecular weight is 327 g/mol. The highest BCUT2D eigenvalue weighted by Gasteiger charge is 2.58. The Balaban J connectivity index is 2.44. The first kappa shape index (κ1) is 17.6. The van der Waals surface area contributed by atoms with Crippen molar-refractivity contribution in [2.75, 3.05) is 14.2 Å². The Morgan fingerprint density at radius 3 is 2.30 bits per heavy atom. The normalized spacial score (nSPS) is 29.3. The molecule has 0 spiro atoms. The Hall–Kier alpha value is -1.76. The molecule has 0 aliphatic carbocycles. The van der Waals surface area contributed by atoms with Crippen LogP contribution in [0.2, 0.25) is 0 Å². The van der Waals surface area contributed by atoms with Gasteiger partial charge in [0.05, 0.1) is 14.2 Å². The van der Waals surface area contributed by atoms with E-state index in [1.807, 2.05) is 34.6 Å². The summed E-state index contributed by atoms with van der Waals surface area (Å²) in [6, 6.07) is 0. The molecule has 0 saturated carbocycles. The van der Waals surface area contributed by atoms with Crippen LogP contribution in [0.25, 0.3) is 0 Å². The van der Waals surface area contributed by atoms with Crippen molar-refractivity contribution in [3.05, 3.63) is 11.8 Å². The predicted octanol–water partition coefficient (Wildman–Crippen LogP) is 2.27. The minimum absolute atomic E-state index is 0.0748. The van der Waals surface area contributed by atoms with Gasteiger partial charge in [-0.05, 0) is 6.08 Å². The lowest BCUT2D eigenvalue weighted by atomic mass is 9.83. The summed E-state index contributed by atoms with van der Waals surface area (Å²) in [4.78, 5) is 25.6. The summed E-state index contributed by atoms with van der Waals surface area (Å²) in [6.45, 7) is 9.75. The zero-order chi connectivity index (χ0) is 17.6. The molecular formula is C16H25NO6. The monoisotopic (exact) mass is 327 g/mol. The molecule has 0 radical (unpaired) electrons. The van der Waals surface area contributed by atoms with Crippen LogP contribution in [0.5, 0.6) is 0 Å². The van der Waals surface area contributed by atoms with Crippen LogP contribution in [0.4, 0.5) is 4.79 Å². The van der Waals surface area contributed by atoms with Gasteiger partial charge in [0.1, 0.15) is 12.3 Å². The highest BCUT2D eigenvalue weighted by molar-refractivity contribution is 5.86. The number of methoxy groups -OCH3 is 2. The summed E-state index contributed by atoms with van der Waals surface area (Å²) in [5.41, 5.74) is -0.866. The number of carbonyl (C=O) groups excluding carboxylic acids is 2. The Kier molecular flexibility index (Phi) is 4.36. The van der Waals surface area contributed by atoms with Crippen molar-refractivity contribution in [2.24, 2.45) is 10.8 Å². The fourth-order valence-electron chi connectivity index (χ4n) is 2.93. The van der Waals surface area contributed by atoms with E-state index in [0.717, 1.165) is 0 Å². The summed E-state index contributed by atoms with van der Waals surface area (Å²) in [5.74, 6) is -0.508. The molecule has 2 rings (SSSR count). The van der Waals surface area contributed by atoms with Gasteiger partial charge in [-0.15, -0.1) is 0 Å². The van der Waals surface area contributed by atoms with E-state index in [0.29, 0.717) is 0 Å². The van der Waals surface area contributed by atoms with Gasteiger partial charge in [0.2, 0.25) is 12.0 Å². The summed E-state index contributed by atoms with van der Waals surface area (Å²) in [7, 11) is 2.59. The van der Waals surface area contributed by atoms with Crippen molar-refractivity contribution in [3.8, 4) is 0 Å². The molecule has 7 heteroatoms. The molecule has 1 amide bonds. The van der Waals surface area contributed by atoms with Gasteiger partial charge in [-0.3, -0.25) is 0 Å². The third kappa shape index (κ3) is 3.02. The number of esters is 1. The quantitative estimate of drug-likeness (QED) is 0.688. The third-order valence-corrected chi connectivity index (χ3v) is 4.06. The highest BCUT2D eigenvalue weighted by atomic mass is 16.6. The van der Waals surface area contributed by atoms with Crippen LogP contribution in [0.15, 0.2) is 11.8 Å².